The third kappa shape index (κ3) is 3.57. The van der Waals surface area contributed by atoms with Crippen LogP contribution in [0, 0.1) is 20.8 Å². The van der Waals surface area contributed by atoms with E-state index in [1.807, 2.05) is 38.1 Å². The van der Waals surface area contributed by atoms with Gasteiger partial charge >= 0.3 is 0 Å². The van der Waals surface area contributed by atoms with Gasteiger partial charge in [0.1, 0.15) is 17.4 Å². The first-order valence-corrected chi connectivity index (χ1v) is 8.70. The lowest BCUT2D eigenvalue weighted by atomic mass is 10.1. The molecule has 0 radical (unpaired) electrons. The number of hydrogen-bond acceptors (Lipinski definition) is 3. The highest BCUT2D eigenvalue weighted by atomic mass is 35.5. The quantitative estimate of drug-likeness (QED) is 0.582. The van der Waals surface area contributed by atoms with Crippen LogP contribution in [0.25, 0.3) is 10.6 Å². The lowest BCUT2D eigenvalue weighted by Crippen LogP contribution is -1.98. The predicted molar refractivity (Wildman–Crippen MR) is 97.5 cm³/mol. The molecule has 1 aromatic heterocycles. The molecule has 0 saturated carbocycles. The number of rotatable bonds is 4. The normalized spacial score (nSPS) is 10.8. The van der Waals surface area contributed by atoms with Gasteiger partial charge in [-0.15, -0.1) is 11.3 Å². The molecule has 0 bridgehead atoms. The Bertz CT molecular complexity index is 841. The molecular formula is C19H18ClNOS. The third-order valence-corrected chi connectivity index (χ3v) is 5.25. The van der Waals surface area contributed by atoms with Crippen LogP contribution in [-0.4, -0.2) is 4.98 Å². The van der Waals surface area contributed by atoms with E-state index in [0.29, 0.717) is 6.61 Å². The van der Waals surface area contributed by atoms with Gasteiger partial charge in [-0.2, -0.15) is 0 Å². The van der Waals surface area contributed by atoms with E-state index in [1.165, 1.54) is 0 Å². The number of halogens is 1. The minimum Gasteiger partial charge on any atom is -0.489 e. The highest BCUT2D eigenvalue weighted by Gasteiger charge is 2.08. The van der Waals surface area contributed by atoms with E-state index in [1.54, 1.807) is 11.3 Å². The van der Waals surface area contributed by atoms with Crippen LogP contribution >= 0.6 is 22.9 Å². The zero-order valence-electron chi connectivity index (χ0n) is 13.4. The van der Waals surface area contributed by atoms with Gasteiger partial charge in [0, 0.05) is 22.2 Å². The minimum absolute atomic E-state index is 0.469. The topological polar surface area (TPSA) is 22.1 Å². The van der Waals surface area contributed by atoms with E-state index < -0.39 is 0 Å². The van der Waals surface area contributed by atoms with E-state index in [0.717, 1.165) is 43.7 Å². The van der Waals surface area contributed by atoms with Crippen LogP contribution in [0.2, 0.25) is 5.02 Å². The van der Waals surface area contributed by atoms with Crippen LogP contribution in [-0.2, 0) is 6.61 Å². The number of aromatic nitrogens is 1. The lowest BCUT2D eigenvalue weighted by molar-refractivity contribution is 0.304. The second-order valence-corrected chi connectivity index (χ2v) is 6.85. The Morgan fingerprint density at radius 3 is 2.61 bits per heavy atom. The molecule has 0 atom stereocenters. The molecule has 0 aliphatic heterocycles. The van der Waals surface area contributed by atoms with Crippen molar-refractivity contribution in [2.24, 2.45) is 0 Å². The van der Waals surface area contributed by atoms with Crippen LogP contribution in [0.1, 0.15) is 22.4 Å². The van der Waals surface area contributed by atoms with Crippen molar-refractivity contribution in [3.63, 3.8) is 0 Å². The average molecular weight is 344 g/mol. The van der Waals surface area contributed by atoms with Gasteiger partial charge in [0.25, 0.3) is 0 Å². The molecule has 0 saturated heterocycles. The van der Waals surface area contributed by atoms with Gasteiger partial charge in [-0.05, 0) is 50.1 Å². The van der Waals surface area contributed by atoms with Crippen molar-refractivity contribution in [1.82, 2.24) is 4.98 Å². The standard InChI is InChI=1S/C19H18ClNOS/c1-12-5-4-6-16(18(12)20)10-22-17-8-7-15(9-13(17)2)19-21-14(3)11-23-19/h4-9,11H,10H2,1-3H3. The summed E-state index contributed by atoms with van der Waals surface area (Å²) < 4.78 is 5.95. The lowest BCUT2D eigenvalue weighted by Gasteiger charge is -2.12. The third-order valence-electron chi connectivity index (χ3n) is 3.70. The molecule has 0 fully saturated rings. The summed E-state index contributed by atoms with van der Waals surface area (Å²) in [6, 6.07) is 12.2. The second kappa shape index (κ2) is 6.73. The summed E-state index contributed by atoms with van der Waals surface area (Å²) in [5.41, 5.74) is 5.35. The van der Waals surface area contributed by atoms with E-state index in [4.69, 9.17) is 16.3 Å². The van der Waals surface area contributed by atoms with Gasteiger partial charge in [0.05, 0.1) is 5.02 Å². The van der Waals surface area contributed by atoms with E-state index in [9.17, 15) is 0 Å². The Morgan fingerprint density at radius 2 is 1.91 bits per heavy atom. The van der Waals surface area contributed by atoms with E-state index >= 15 is 0 Å². The van der Waals surface area contributed by atoms with Crippen molar-refractivity contribution in [2.75, 3.05) is 0 Å². The zero-order chi connectivity index (χ0) is 16.4. The summed E-state index contributed by atoms with van der Waals surface area (Å²) in [5, 5.41) is 3.88. The average Bonchev–Trinajstić information content (AvgIpc) is 2.96. The molecule has 118 valence electrons. The first-order chi connectivity index (χ1) is 11.0. The van der Waals surface area contributed by atoms with Crippen LogP contribution in [0.4, 0.5) is 0 Å². The molecule has 3 aromatic rings. The molecule has 0 unspecified atom stereocenters. The molecule has 0 amide bonds. The molecule has 2 nitrogen and oxygen atoms in total. The molecule has 23 heavy (non-hydrogen) atoms. The van der Waals surface area contributed by atoms with Crippen LogP contribution in [0.5, 0.6) is 5.75 Å². The maximum absolute atomic E-state index is 6.32. The monoisotopic (exact) mass is 343 g/mol. The molecule has 1 heterocycles. The Hall–Kier alpha value is -1.84. The fourth-order valence-corrected chi connectivity index (χ4v) is 3.38. The first-order valence-electron chi connectivity index (χ1n) is 7.44. The van der Waals surface area contributed by atoms with E-state index in [2.05, 4.69) is 29.4 Å². The smallest absolute Gasteiger partial charge is 0.123 e. The van der Waals surface area contributed by atoms with Crippen LogP contribution in [0.3, 0.4) is 0 Å². The number of aryl methyl sites for hydroxylation is 3. The maximum Gasteiger partial charge on any atom is 0.123 e. The highest BCUT2D eigenvalue weighted by Crippen LogP contribution is 2.29. The molecular weight excluding hydrogens is 326 g/mol. The Kier molecular flexibility index (Phi) is 4.69. The summed E-state index contributed by atoms with van der Waals surface area (Å²) in [5.74, 6) is 0.875. The van der Waals surface area contributed by atoms with Gasteiger partial charge < -0.3 is 4.74 Å². The van der Waals surface area contributed by atoms with Crippen molar-refractivity contribution < 1.29 is 4.74 Å². The number of hydrogen-bond donors (Lipinski definition) is 0. The number of benzene rings is 2. The largest absolute Gasteiger partial charge is 0.489 e. The van der Waals surface area contributed by atoms with Crippen LogP contribution < -0.4 is 4.74 Å². The Balaban J connectivity index is 1.77. The predicted octanol–water partition coefficient (Wildman–Crippen LogP) is 5.97. The van der Waals surface area contributed by atoms with Gasteiger partial charge in [-0.3, -0.25) is 0 Å². The van der Waals surface area contributed by atoms with Gasteiger partial charge in [-0.1, -0.05) is 29.8 Å². The summed E-state index contributed by atoms with van der Waals surface area (Å²) in [4.78, 5) is 4.53. The number of nitrogens with zero attached hydrogens (tertiary/aromatic N) is 1. The fraction of sp³-hybridized carbons (Fsp3) is 0.211. The SMILES string of the molecule is Cc1csc(-c2ccc(OCc3cccc(C)c3Cl)c(C)c2)n1. The van der Waals surface area contributed by atoms with Crippen molar-refractivity contribution in [2.45, 2.75) is 27.4 Å². The summed E-state index contributed by atoms with van der Waals surface area (Å²) in [7, 11) is 0. The summed E-state index contributed by atoms with van der Waals surface area (Å²) in [6.07, 6.45) is 0. The highest BCUT2D eigenvalue weighted by molar-refractivity contribution is 7.13. The van der Waals surface area contributed by atoms with Gasteiger partial charge in [0.2, 0.25) is 0 Å². The van der Waals surface area contributed by atoms with Crippen molar-refractivity contribution in [3.8, 4) is 16.3 Å². The molecule has 0 N–H and O–H groups in total. The molecule has 2 aromatic carbocycles. The molecule has 0 spiro atoms. The Labute approximate surface area is 145 Å². The van der Waals surface area contributed by atoms with Crippen molar-refractivity contribution >= 4 is 22.9 Å². The van der Waals surface area contributed by atoms with Crippen molar-refractivity contribution in [3.05, 3.63) is 69.2 Å². The minimum atomic E-state index is 0.469. The molecule has 0 aliphatic carbocycles. The number of thiazole rings is 1. The maximum atomic E-state index is 6.32. The zero-order valence-corrected chi connectivity index (χ0v) is 15.0. The van der Waals surface area contributed by atoms with Gasteiger partial charge in [0.15, 0.2) is 0 Å². The van der Waals surface area contributed by atoms with Crippen molar-refractivity contribution in [1.29, 1.82) is 0 Å². The summed E-state index contributed by atoms with van der Waals surface area (Å²) >= 11 is 7.98. The second-order valence-electron chi connectivity index (χ2n) is 5.61. The Morgan fingerprint density at radius 1 is 1.09 bits per heavy atom. The fourth-order valence-electron chi connectivity index (χ4n) is 2.41. The number of ether oxygens (including phenoxy) is 1. The molecule has 3 rings (SSSR count). The summed E-state index contributed by atoms with van der Waals surface area (Å²) in [6.45, 7) is 6.53. The first kappa shape index (κ1) is 16.0. The van der Waals surface area contributed by atoms with E-state index in [-0.39, 0.29) is 0 Å². The van der Waals surface area contributed by atoms with Crippen LogP contribution in [0.15, 0.2) is 41.8 Å². The molecule has 0 aliphatic rings. The molecule has 4 heteroatoms. The van der Waals surface area contributed by atoms with Gasteiger partial charge in [-0.25, -0.2) is 4.98 Å².